The lowest BCUT2D eigenvalue weighted by Crippen LogP contribution is -2.31. The van der Waals surface area contributed by atoms with Crippen LogP contribution in [0.15, 0.2) is 48.0 Å². The molecule has 8 nitrogen and oxygen atoms in total. The van der Waals surface area contributed by atoms with E-state index in [-0.39, 0.29) is 17.9 Å². The molecule has 1 heterocycles. The average molecular weight is 456 g/mol. The predicted molar refractivity (Wildman–Crippen MR) is 123 cm³/mol. The molecular formula is C25H29NO7. The van der Waals surface area contributed by atoms with E-state index in [1.807, 2.05) is 6.92 Å². The van der Waals surface area contributed by atoms with Gasteiger partial charge < -0.3 is 29.0 Å². The van der Waals surface area contributed by atoms with E-state index in [1.54, 1.807) is 49.6 Å². The maximum absolute atomic E-state index is 13.1. The van der Waals surface area contributed by atoms with Crippen molar-refractivity contribution in [1.82, 2.24) is 4.90 Å². The lowest BCUT2D eigenvalue weighted by atomic mass is 9.95. The monoisotopic (exact) mass is 455 g/mol. The molecule has 2 aromatic carbocycles. The molecule has 3 rings (SSSR count). The zero-order valence-corrected chi connectivity index (χ0v) is 19.3. The molecule has 1 atom stereocenters. The van der Waals surface area contributed by atoms with Gasteiger partial charge in [0.2, 0.25) is 0 Å². The van der Waals surface area contributed by atoms with Crippen molar-refractivity contribution in [3.63, 3.8) is 0 Å². The maximum Gasteiger partial charge on any atom is 0.295 e. The summed E-state index contributed by atoms with van der Waals surface area (Å²) in [6, 6.07) is 11.2. The van der Waals surface area contributed by atoms with Gasteiger partial charge in [0.05, 0.1) is 32.4 Å². The summed E-state index contributed by atoms with van der Waals surface area (Å²) in [5.41, 5.74) is 1.02. The van der Waals surface area contributed by atoms with Gasteiger partial charge in [-0.05, 0) is 43.2 Å². The zero-order valence-electron chi connectivity index (χ0n) is 19.3. The highest BCUT2D eigenvalue weighted by atomic mass is 16.5. The number of benzene rings is 2. The standard InChI is InChI=1S/C25H29NO7/c1-5-33-18-9-6-8-17(14-18)23(27)21-22(16-10-11-19(31-3)20(15-16)32-4)26(12-7-13-30-2)25(29)24(21)28/h6,8-11,14-15,22,27H,5,7,12-13H2,1-4H3/b23-21+. The molecule has 1 unspecified atom stereocenters. The van der Waals surface area contributed by atoms with Crippen molar-refractivity contribution in [3.8, 4) is 17.2 Å². The van der Waals surface area contributed by atoms with Crippen molar-refractivity contribution in [1.29, 1.82) is 0 Å². The van der Waals surface area contributed by atoms with Crippen LogP contribution in [-0.2, 0) is 14.3 Å². The molecule has 0 saturated carbocycles. The fourth-order valence-corrected chi connectivity index (χ4v) is 3.91. The number of ether oxygens (including phenoxy) is 4. The first kappa shape index (κ1) is 24.1. The number of methoxy groups -OCH3 is 3. The molecule has 1 saturated heterocycles. The van der Waals surface area contributed by atoms with E-state index in [0.717, 1.165) is 0 Å². The normalized spacial score (nSPS) is 17.3. The fourth-order valence-electron chi connectivity index (χ4n) is 3.91. The van der Waals surface area contributed by atoms with E-state index in [1.165, 1.54) is 19.1 Å². The lowest BCUT2D eigenvalue weighted by molar-refractivity contribution is -0.140. The molecule has 176 valence electrons. The van der Waals surface area contributed by atoms with Crippen molar-refractivity contribution in [2.75, 3.05) is 41.1 Å². The summed E-state index contributed by atoms with van der Waals surface area (Å²) in [6.45, 7) is 3.03. The highest BCUT2D eigenvalue weighted by Gasteiger charge is 2.46. The van der Waals surface area contributed by atoms with Gasteiger partial charge in [-0.2, -0.15) is 0 Å². The largest absolute Gasteiger partial charge is 0.507 e. The van der Waals surface area contributed by atoms with Crippen molar-refractivity contribution >= 4 is 17.4 Å². The molecule has 0 aromatic heterocycles. The molecule has 1 aliphatic heterocycles. The zero-order chi connectivity index (χ0) is 24.0. The summed E-state index contributed by atoms with van der Waals surface area (Å²) in [6.07, 6.45) is 0.535. The summed E-state index contributed by atoms with van der Waals surface area (Å²) < 4.78 is 21.4. The second-order valence-corrected chi connectivity index (χ2v) is 7.41. The Morgan fingerprint density at radius 1 is 1.03 bits per heavy atom. The van der Waals surface area contributed by atoms with Crippen LogP contribution in [0.1, 0.15) is 30.5 Å². The highest BCUT2D eigenvalue weighted by molar-refractivity contribution is 6.46. The number of Topliss-reactive ketones (excluding diaryl/α,β-unsaturated/α-hetero) is 1. The Bertz CT molecular complexity index is 1050. The van der Waals surface area contributed by atoms with Gasteiger partial charge >= 0.3 is 0 Å². The SMILES string of the molecule is CCOc1cccc(/C(O)=C2\C(=O)C(=O)N(CCCOC)C2c2ccc(OC)c(OC)c2)c1. The van der Waals surface area contributed by atoms with E-state index < -0.39 is 17.7 Å². The van der Waals surface area contributed by atoms with Crippen molar-refractivity contribution in [2.45, 2.75) is 19.4 Å². The van der Waals surface area contributed by atoms with Gasteiger partial charge in [0.25, 0.3) is 11.7 Å². The fraction of sp³-hybridized carbons (Fsp3) is 0.360. The van der Waals surface area contributed by atoms with Crippen molar-refractivity contribution in [3.05, 3.63) is 59.2 Å². The van der Waals surface area contributed by atoms with E-state index in [0.29, 0.717) is 48.0 Å². The van der Waals surface area contributed by atoms with Gasteiger partial charge in [0.1, 0.15) is 11.5 Å². The minimum Gasteiger partial charge on any atom is -0.507 e. The minimum atomic E-state index is -0.794. The van der Waals surface area contributed by atoms with Crippen LogP contribution < -0.4 is 14.2 Å². The molecule has 0 bridgehead atoms. The molecule has 0 aliphatic carbocycles. The third-order valence-electron chi connectivity index (χ3n) is 5.43. The molecule has 0 radical (unpaired) electrons. The van der Waals surface area contributed by atoms with Gasteiger partial charge in [-0.25, -0.2) is 0 Å². The number of nitrogens with zero attached hydrogens (tertiary/aromatic N) is 1. The van der Waals surface area contributed by atoms with Gasteiger partial charge in [-0.1, -0.05) is 18.2 Å². The second kappa shape index (κ2) is 10.9. The molecular weight excluding hydrogens is 426 g/mol. The van der Waals surface area contributed by atoms with E-state index in [4.69, 9.17) is 18.9 Å². The molecule has 1 N–H and O–H groups in total. The van der Waals surface area contributed by atoms with Gasteiger partial charge in [-0.3, -0.25) is 9.59 Å². The number of hydrogen-bond donors (Lipinski definition) is 1. The number of rotatable bonds is 10. The minimum absolute atomic E-state index is 0.0123. The number of aliphatic hydroxyl groups is 1. The molecule has 2 aromatic rings. The van der Waals surface area contributed by atoms with Crippen molar-refractivity contribution in [2.24, 2.45) is 0 Å². The quantitative estimate of drug-likeness (QED) is 0.253. The number of aliphatic hydroxyl groups excluding tert-OH is 1. The van der Waals surface area contributed by atoms with Crippen LogP contribution in [0.5, 0.6) is 17.2 Å². The predicted octanol–water partition coefficient (Wildman–Crippen LogP) is 3.56. The van der Waals surface area contributed by atoms with E-state index in [9.17, 15) is 14.7 Å². The molecule has 1 amide bonds. The first-order valence-electron chi connectivity index (χ1n) is 10.7. The Hall–Kier alpha value is -3.52. The number of amides is 1. The average Bonchev–Trinajstić information content (AvgIpc) is 3.08. The number of likely N-dealkylation sites (tertiary alicyclic amines) is 1. The molecule has 1 fully saturated rings. The number of carbonyl (C=O) groups is 2. The highest BCUT2D eigenvalue weighted by Crippen LogP contribution is 2.42. The van der Waals surface area contributed by atoms with Gasteiger partial charge in [-0.15, -0.1) is 0 Å². The molecule has 1 aliphatic rings. The van der Waals surface area contributed by atoms with Gasteiger partial charge in [0, 0.05) is 25.8 Å². The number of carbonyl (C=O) groups excluding carboxylic acids is 2. The van der Waals surface area contributed by atoms with Crippen LogP contribution in [0.25, 0.3) is 5.76 Å². The summed E-state index contributed by atoms with van der Waals surface area (Å²) in [5, 5.41) is 11.2. The maximum atomic E-state index is 13.1. The Labute approximate surface area is 193 Å². The first-order valence-corrected chi connectivity index (χ1v) is 10.7. The molecule has 0 spiro atoms. The van der Waals surface area contributed by atoms with Crippen LogP contribution in [0.4, 0.5) is 0 Å². The van der Waals surface area contributed by atoms with Crippen molar-refractivity contribution < 1.29 is 33.6 Å². The lowest BCUT2D eigenvalue weighted by Gasteiger charge is -2.26. The summed E-state index contributed by atoms with van der Waals surface area (Å²) in [4.78, 5) is 27.6. The Balaban J connectivity index is 2.15. The van der Waals surface area contributed by atoms with E-state index in [2.05, 4.69) is 0 Å². The third kappa shape index (κ3) is 4.96. The van der Waals surface area contributed by atoms with Crippen LogP contribution >= 0.6 is 0 Å². The molecule has 33 heavy (non-hydrogen) atoms. The van der Waals surface area contributed by atoms with Crippen LogP contribution in [-0.4, -0.2) is 62.8 Å². The van der Waals surface area contributed by atoms with Crippen LogP contribution in [0.2, 0.25) is 0 Å². The number of ketones is 1. The third-order valence-corrected chi connectivity index (χ3v) is 5.43. The smallest absolute Gasteiger partial charge is 0.295 e. The first-order chi connectivity index (χ1) is 16.0. The Morgan fingerprint density at radius 2 is 1.79 bits per heavy atom. The van der Waals surface area contributed by atoms with Gasteiger partial charge in [0.15, 0.2) is 11.5 Å². The topological polar surface area (TPSA) is 94.5 Å². The Morgan fingerprint density at radius 3 is 2.45 bits per heavy atom. The van der Waals surface area contributed by atoms with Crippen LogP contribution in [0.3, 0.4) is 0 Å². The summed E-state index contributed by atoms with van der Waals surface area (Å²) >= 11 is 0. The van der Waals surface area contributed by atoms with Crippen LogP contribution in [0, 0.1) is 0 Å². The Kier molecular flexibility index (Phi) is 7.95. The number of hydrogen-bond acceptors (Lipinski definition) is 7. The summed E-state index contributed by atoms with van der Waals surface area (Å²) in [5.74, 6) is -0.153. The van der Waals surface area contributed by atoms with E-state index >= 15 is 0 Å². The molecule has 8 heteroatoms. The second-order valence-electron chi connectivity index (χ2n) is 7.41. The summed E-state index contributed by atoms with van der Waals surface area (Å²) in [7, 11) is 4.61.